The lowest BCUT2D eigenvalue weighted by Gasteiger charge is -2.25. The normalized spacial score (nSPS) is 33.5. The maximum absolute atomic E-state index is 15.1. The molecule has 2 fully saturated rings. The van der Waals surface area contributed by atoms with Crippen LogP contribution in [-0.2, 0) is 14.3 Å². The number of carbonyl (C=O) groups excluding carboxylic acids is 1. The number of unbranched alkanes of at least 4 members (excludes halogenated alkanes) is 2. The van der Waals surface area contributed by atoms with Gasteiger partial charge in [0.15, 0.2) is 6.17 Å². The van der Waals surface area contributed by atoms with Crippen LogP contribution >= 0.6 is 0 Å². The first kappa shape index (κ1) is 23.8. The van der Waals surface area contributed by atoms with Crippen molar-refractivity contribution in [3.8, 4) is 0 Å². The van der Waals surface area contributed by atoms with Gasteiger partial charge in [-0.3, -0.25) is 4.79 Å². The molecule has 1 unspecified atom stereocenters. The van der Waals surface area contributed by atoms with Crippen molar-refractivity contribution in [2.45, 2.75) is 89.8 Å². The molecular formula is C23H36F2O4. The zero-order valence-electron chi connectivity index (χ0n) is 18.1. The lowest BCUT2D eigenvalue weighted by molar-refractivity contribution is -0.140. The summed E-state index contributed by atoms with van der Waals surface area (Å²) in [6, 6.07) is 0. The topological polar surface area (TPSA) is 55.8 Å². The Bertz CT molecular complexity index is 602. The molecule has 0 aromatic heterocycles. The number of alkyl halides is 2. The Morgan fingerprint density at radius 3 is 2.83 bits per heavy atom. The molecule has 29 heavy (non-hydrogen) atoms. The fourth-order valence-corrected chi connectivity index (χ4v) is 4.42. The fourth-order valence-electron chi connectivity index (χ4n) is 4.42. The Balaban J connectivity index is 1.98. The molecule has 1 N–H and O–H groups in total. The Labute approximate surface area is 173 Å². The molecule has 0 aromatic rings. The second-order valence-corrected chi connectivity index (χ2v) is 8.71. The number of ether oxygens (including phenoxy) is 2. The van der Waals surface area contributed by atoms with Crippen LogP contribution in [0.25, 0.3) is 0 Å². The minimum Gasteiger partial charge on any atom is -0.492 e. The van der Waals surface area contributed by atoms with Gasteiger partial charge in [0.25, 0.3) is 0 Å². The predicted molar refractivity (Wildman–Crippen MR) is 109 cm³/mol. The number of aliphatic hydroxyl groups is 1. The molecule has 0 spiro atoms. The first-order valence-corrected chi connectivity index (χ1v) is 10.8. The molecule has 0 amide bonds. The molecule has 1 aliphatic heterocycles. The third-order valence-corrected chi connectivity index (χ3v) is 6.34. The van der Waals surface area contributed by atoms with Crippen LogP contribution in [0.2, 0.25) is 0 Å². The highest BCUT2D eigenvalue weighted by Crippen LogP contribution is 2.49. The Morgan fingerprint density at radius 1 is 1.45 bits per heavy atom. The van der Waals surface area contributed by atoms with Crippen molar-refractivity contribution >= 4 is 5.97 Å². The largest absolute Gasteiger partial charge is 0.492 e. The van der Waals surface area contributed by atoms with E-state index in [0.717, 1.165) is 12.8 Å². The number of carbonyl (C=O) groups is 1. The van der Waals surface area contributed by atoms with E-state index in [-0.39, 0.29) is 29.8 Å². The van der Waals surface area contributed by atoms with Gasteiger partial charge in [-0.15, -0.1) is 0 Å². The summed E-state index contributed by atoms with van der Waals surface area (Å²) < 4.78 is 40.2. The molecule has 1 saturated carbocycles. The van der Waals surface area contributed by atoms with Gasteiger partial charge in [0, 0.05) is 12.3 Å². The van der Waals surface area contributed by atoms with E-state index in [4.69, 9.17) is 4.74 Å². The van der Waals surface area contributed by atoms with Gasteiger partial charge in [-0.25, -0.2) is 8.78 Å². The average molecular weight is 415 g/mol. The van der Waals surface area contributed by atoms with Crippen LogP contribution in [0.15, 0.2) is 24.0 Å². The summed E-state index contributed by atoms with van der Waals surface area (Å²) in [7, 11) is 1.35. The number of hydrogen-bond donors (Lipinski definition) is 1. The number of aliphatic hydroxyl groups excluding tert-OH is 1. The van der Waals surface area contributed by atoms with Crippen molar-refractivity contribution in [2.75, 3.05) is 7.11 Å². The summed E-state index contributed by atoms with van der Waals surface area (Å²) in [4.78, 5) is 11.2. The van der Waals surface area contributed by atoms with Crippen molar-refractivity contribution in [3.05, 3.63) is 24.0 Å². The zero-order chi connectivity index (χ0) is 21.6. The molecule has 1 aliphatic carbocycles. The quantitative estimate of drug-likeness (QED) is 0.308. The highest BCUT2D eigenvalue weighted by Gasteiger charge is 2.52. The monoisotopic (exact) mass is 414 g/mol. The number of rotatable bonds is 10. The number of halogens is 2. The van der Waals surface area contributed by atoms with Crippen molar-refractivity contribution in [2.24, 2.45) is 17.8 Å². The first-order chi connectivity index (χ1) is 13.7. The molecule has 6 heteroatoms. The smallest absolute Gasteiger partial charge is 0.305 e. The van der Waals surface area contributed by atoms with E-state index in [1.807, 2.05) is 13.8 Å². The van der Waals surface area contributed by atoms with Crippen LogP contribution in [0.1, 0.15) is 65.7 Å². The van der Waals surface area contributed by atoms with Crippen LogP contribution < -0.4 is 0 Å². The molecule has 2 aliphatic rings. The molecule has 1 saturated heterocycles. The Kier molecular flexibility index (Phi) is 8.68. The third-order valence-electron chi connectivity index (χ3n) is 6.34. The van der Waals surface area contributed by atoms with Crippen molar-refractivity contribution < 1.29 is 28.2 Å². The number of allylic oxidation sites excluding steroid dienone is 3. The molecule has 2 rings (SSSR count). The van der Waals surface area contributed by atoms with Gasteiger partial charge in [-0.05, 0) is 50.5 Å². The van der Waals surface area contributed by atoms with E-state index in [1.54, 1.807) is 12.2 Å². The highest BCUT2D eigenvalue weighted by molar-refractivity contribution is 5.69. The van der Waals surface area contributed by atoms with Crippen molar-refractivity contribution in [1.29, 1.82) is 0 Å². The third kappa shape index (κ3) is 6.03. The summed E-state index contributed by atoms with van der Waals surface area (Å²) in [5, 5.41) is 10.3. The molecule has 0 radical (unpaired) electrons. The maximum Gasteiger partial charge on any atom is 0.305 e. The van der Waals surface area contributed by atoms with E-state index in [0.29, 0.717) is 37.9 Å². The number of fused-ring (bicyclic) bond motifs is 1. The van der Waals surface area contributed by atoms with E-state index in [9.17, 15) is 14.3 Å². The Morgan fingerprint density at radius 2 is 2.17 bits per heavy atom. The fraction of sp³-hybridized carbons (Fsp3) is 0.783. The second-order valence-electron chi connectivity index (χ2n) is 8.71. The van der Waals surface area contributed by atoms with Gasteiger partial charge in [-0.1, -0.05) is 38.8 Å². The lowest BCUT2D eigenvalue weighted by atomic mass is 9.85. The summed E-state index contributed by atoms with van der Waals surface area (Å²) >= 11 is 0. The minimum atomic E-state index is -1.68. The average Bonchev–Trinajstić information content (AvgIpc) is 3.16. The predicted octanol–water partition coefficient (Wildman–Crippen LogP) is 5.06. The van der Waals surface area contributed by atoms with Crippen molar-refractivity contribution in [1.82, 2.24) is 0 Å². The highest BCUT2D eigenvalue weighted by atomic mass is 19.1. The summed E-state index contributed by atoms with van der Waals surface area (Å²) in [5.41, 5.74) is -1.68. The number of methoxy groups -OCH3 is 1. The lowest BCUT2D eigenvalue weighted by Crippen LogP contribution is -2.33. The van der Waals surface area contributed by atoms with Crippen LogP contribution in [0, 0.1) is 17.8 Å². The van der Waals surface area contributed by atoms with Crippen LogP contribution in [0.4, 0.5) is 8.78 Å². The van der Waals surface area contributed by atoms with E-state index < -0.39 is 17.9 Å². The zero-order valence-corrected chi connectivity index (χ0v) is 18.1. The summed E-state index contributed by atoms with van der Waals surface area (Å²) in [5.74, 6) is -0.154. The molecule has 166 valence electrons. The van der Waals surface area contributed by atoms with Gasteiger partial charge < -0.3 is 14.6 Å². The molecule has 7 atom stereocenters. The summed E-state index contributed by atoms with van der Waals surface area (Å²) in [6.45, 7) is 5.45. The minimum absolute atomic E-state index is 0.104. The van der Waals surface area contributed by atoms with Gasteiger partial charge in [0.05, 0.1) is 7.11 Å². The van der Waals surface area contributed by atoms with Gasteiger partial charge in [0.1, 0.15) is 23.6 Å². The first-order valence-electron chi connectivity index (χ1n) is 10.8. The Hall–Kier alpha value is -1.43. The van der Waals surface area contributed by atoms with E-state index >= 15 is 4.39 Å². The van der Waals surface area contributed by atoms with Crippen LogP contribution in [0.3, 0.4) is 0 Å². The van der Waals surface area contributed by atoms with Gasteiger partial charge in [-0.2, -0.15) is 0 Å². The number of hydrogen-bond acceptors (Lipinski definition) is 4. The van der Waals surface area contributed by atoms with Crippen LogP contribution in [0.5, 0.6) is 0 Å². The number of esters is 1. The van der Waals surface area contributed by atoms with E-state index in [2.05, 4.69) is 4.74 Å². The molecule has 4 nitrogen and oxygen atoms in total. The van der Waals surface area contributed by atoms with Gasteiger partial charge >= 0.3 is 5.97 Å². The SMILES string of the molecule is CCCCC(C)(F)[C@H](O)C=C[C@@H]1[C@H]2[C@H](F)C(=CCCCC(=O)OC)O[C@@H]2C[C@H]1C. The maximum atomic E-state index is 15.1. The molecular weight excluding hydrogens is 378 g/mol. The van der Waals surface area contributed by atoms with Crippen molar-refractivity contribution in [3.63, 3.8) is 0 Å². The molecule has 1 heterocycles. The summed E-state index contributed by atoms with van der Waals surface area (Å²) in [6.07, 6.45) is 6.46. The van der Waals surface area contributed by atoms with E-state index in [1.165, 1.54) is 20.1 Å². The molecule has 0 bridgehead atoms. The second kappa shape index (κ2) is 10.6. The molecule has 0 aromatic carbocycles. The van der Waals surface area contributed by atoms with Crippen LogP contribution in [-0.4, -0.2) is 42.2 Å². The van der Waals surface area contributed by atoms with Gasteiger partial charge in [0.2, 0.25) is 0 Å². The standard InChI is InChI=1S/C23H36F2O4/c1-5-6-13-23(3,25)19(26)12-11-16-15(2)14-18-21(16)22(24)17(29-18)9-7-8-10-20(27)28-4/h9,11-12,15-16,18-19,21-22,26H,5-8,10,13-14H2,1-4H3/t15-,16+,18-,19-,21-,22-,23?/m1/s1.